The first-order chi connectivity index (χ1) is 12.2. The Morgan fingerprint density at radius 2 is 1.80 bits per heavy atom. The van der Waals surface area contributed by atoms with Crippen molar-refractivity contribution in [1.29, 1.82) is 0 Å². The first-order valence-electron chi connectivity index (χ1n) is 8.14. The summed E-state index contributed by atoms with van der Waals surface area (Å²) in [6.07, 6.45) is 4.43. The van der Waals surface area contributed by atoms with Crippen LogP contribution in [0, 0.1) is 0 Å². The molecule has 7 heteroatoms. The summed E-state index contributed by atoms with van der Waals surface area (Å²) in [6.45, 7) is 3.99. The van der Waals surface area contributed by atoms with Gasteiger partial charge in [0.2, 0.25) is 11.8 Å². The molecule has 0 aliphatic carbocycles. The van der Waals surface area contributed by atoms with Crippen molar-refractivity contribution in [3.8, 4) is 0 Å². The summed E-state index contributed by atoms with van der Waals surface area (Å²) in [4.78, 5) is 20.7. The molecule has 0 saturated carbocycles. The highest BCUT2D eigenvalue weighted by Gasteiger charge is 2.17. The predicted octanol–water partition coefficient (Wildman–Crippen LogP) is 3.59. The first-order valence-corrected chi connectivity index (χ1v) is 8.14. The molecule has 3 aromatic rings. The number of nitrogens with one attached hydrogen (secondary N) is 2. The smallest absolute Gasteiger partial charge is 0.261 e. The fourth-order valence-electron chi connectivity index (χ4n) is 2.42. The molecule has 1 amide bonds. The molecule has 1 aromatic carbocycles. The van der Waals surface area contributed by atoms with Gasteiger partial charge in [-0.1, -0.05) is 37.2 Å². The maximum absolute atomic E-state index is 12.4. The molecule has 3 rings (SSSR count). The van der Waals surface area contributed by atoms with Crippen molar-refractivity contribution < 1.29 is 9.32 Å². The molecule has 128 valence electrons. The number of nitrogens with zero attached hydrogens (tertiary/aromatic N) is 3. The highest BCUT2D eigenvalue weighted by Crippen LogP contribution is 2.21. The van der Waals surface area contributed by atoms with Gasteiger partial charge in [0.1, 0.15) is 0 Å². The Morgan fingerprint density at radius 1 is 1.08 bits per heavy atom. The van der Waals surface area contributed by atoms with Gasteiger partial charge in [-0.2, -0.15) is 0 Å². The lowest BCUT2D eigenvalue weighted by atomic mass is 10.1. The maximum atomic E-state index is 12.4. The van der Waals surface area contributed by atoms with E-state index in [2.05, 4.69) is 25.8 Å². The number of hydrogen-bond acceptors (Lipinski definition) is 6. The molecule has 0 atom stereocenters. The van der Waals surface area contributed by atoms with Crippen LogP contribution in [0.15, 0.2) is 47.2 Å². The van der Waals surface area contributed by atoms with Crippen LogP contribution in [-0.2, 0) is 12.8 Å². The molecular formula is C18H19N5O2. The summed E-state index contributed by atoms with van der Waals surface area (Å²) in [6, 6.07) is 9.57. The summed E-state index contributed by atoms with van der Waals surface area (Å²) in [5.74, 6) is 0.473. The van der Waals surface area contributed by atoms with Crippen molar-refractivity contribution >= 4 is 23.4 Å². The van der Waals surface area contributed by atoms with Gasteiger partial charge in [0.25, 0.3) is 5.91 Å². The van der Waals surface area contributed by atoms with Crippen molar-refractivity contribution in [3.05, 3.63) is 59.5 Å². The average molecular weight is 337 g/mol. The van der Waals surface area contributed by atoms with Crippen LogP contribution in [0.1, 0.15) is 35.5 Å². The van der Waals surface area contributed by atoms with Gasteiger partial charge in [-0.3, -0.25) is 10.1 Å². The van der Waals surface area contributed by atoms with Crippen LogP contribution in [-0.4, -0.2) is 21.0 Å². The van der Waals surface area contributed by atoms with Crippen LogP contribution in [0.2, 0.25) is 0 Å². The molecule has 2 heterocycles. The molecule has 0 bridgehead atoms. The molecule has 0 saturated heterocycles. The Labute approximate surface area is 145 Å². The highest BCUT2D eigenvalue weighted by molar-refractivity contribution is 6.03. The number of para-hydroxylation sites is 1. The average Bonchev–Trinajstić information content (AvgIpc) is 3.04. The Bertz CT molecular complexity index is 844. The third-order valence-electron chi connectivity index (χ3n) is 3.73. The molecule has 2 aromatic heterocycles. The van der Waals surface area contributed by atoms with Crippen molar-refractivity contribution in [3.63, 3.8) is 0 Å². The molecule has 0 aliphatic heterocycles. The van der Waals surface area contributed by atoms with Gasteiger partial charge >= 0.3 is 0 Å². The largest absolute Gasteiger partial charge is 0.338 e. The molecule has 0 spiro atoms. The van der Waals surface area contributed by atoms with Gasteiger partial charge < -0.3 is 9.84 Å². The van der Waals surface area contributed by atoms with Gasteiger partial charge in [-0.05, 0) is 25.0 Å². The maximum Gasteiger partial charge on any atom is 0.261 e. The topological polar surface area (TPSA) is 92.9 Å². The summed E-state index contributed by atoms with van der Waals surface area (Å²) in [5, 5.41) is 9.78. The summed E-state index contributed by atoms with van der Waals surface area (Å²) in [7, 11) is 0. The van der Waals surface area contributed by atoms with E-state index in [4.69, 9.17) is 4.52 Å². The van der Waals surface area contributed by atoms with Crippen LogP contribution in [0.25, 0.3) is 0 Å². The van der Waals surface area contributed by atoms with E-state index in [1.807, 2.05) is 44.2 Å². The third-order valence-corrected chi connectivity index (χ3v) is 3.73. The minimum Gasteiger partial charge on any atom is -0.338 e. The van der Waals surface area contributed by atoms with Crippen molar-refractivity contribution in [1.82, 2.24) is 15.1 Å². The molecule has 2 N–H and O–H groups in total. The van der Waals surface area contributed by atoms with Gasteiger partial charge in [-0.15, -0.1) is 0 Å². The molecule has 0 radical (unpaired) electrons. The minimum absolute atomic E-state index is 0.334. The number of carbonyl (C=O) groups excluding carboxylic acids is 1. The van der Waals surface area contributed by atoms with Crippen molar-refractivity contribution in [2.75, 3.05) is 10.6 Å². The number of benzene rings is 1. The zero-order valence-corrected chi connectivity index (χ0v) is 14.1. The number of rotatable bonds is 6. The Balaban J connectivity index is 1.70. The first kappa shape index (κ1) is 16.6. The van der Waals surface area contributed by atoms with E-state index in [0.717, 1.165) is 29.8 Å². The van der Waals surface area contributed by atoms with E-state index in [0.29, 0.717) is 17.4 Å². The molecule has 0 fully saturated rings. The number of anilines is 3. The standard InChI is InChI=1S/C18H19N5O2/c1-3-14-15(4-2)23-25-17(14)22-16(24)12-10-19-18(20-11-12)21-13-8-6-5-7-9-13/h5-11H,3-4H2,1-2H3,(H,22,24)(H,19,20,21). The van der Waals surface area contributed by atoms with Gasteiger partial charge in [0.15, 0.2) is 0 Å². The number of hydrogen-bond donors (Lipinski definition) is 2. The van der Waals surface area contributed by atoms with E-state index in [-0.39, 0.29) is 5.91 Å². The van der Waals surface area contributed by atoms with E-state index in [1.165, 1.54) is 12.4 Å². The van der Waals surface area contributed by atoms with Crippen LogP contribution in [0.3, 0.4) is 0 Å². The van der Waals surface area contributed by atoms with E-state index in [1.54, 1.807) is 0 Å². The Kier molecular flexibility index (Phi) is 5.03. The van der Waals surface area contributed by atoms with Crippen LogP contribution < -0.4 is 10.6 Å². The normalized spacial score (nSPS) is 10.5. The monoisotopic (exact) mass is 337 g/mol. The third kappa shape index (κ3) is 3.82. The minimum atomic E-state index is -0.334. The van der Waals surface area contributed by atoms with Crippen LogP contribution >= 0.6 is 0 Å². The van der Waals surface area contributed by atoms with Crippen molar-refractivity contribution in [2.24, 2.45) is 0 Å². The Morgan fingerprint density at radius 3 is 2.44 bits per heavy atom. The summed E-state index contributed by atoms with van der Waals surface area (Å²) < 4.78 is 5.24. The summed E-state index contributed by atoms with van der Waals surface area (Å²) >= 11 is 0. The van der Waals surface area contributed by atoms with Gasteiger partial charge in [-0.25, -0.2) is 9.97 Å². The zero-order valence-electron chi connectivity index (χ0n) is 14.1. The van der Waals surface area contributed by atoms with Gasteiger partial charge in [0.05, 0.1) is 11.3 Å². The lowest BCUT2D eigenvalue weighted by Gasteiger charge is -2.06. The number of aryl methyl sites for hydroxylation is 1. The molecule has 0 unspecified atom stereocenters. The van der Waals surface area contributed by atoms with E-state index in [9.17, 15) is 4.79 Å². The number of amides is 1. The lowest BCUT2D eigenvalue weighted by Crippen LogP contribution is -2.13. The van der Waals surface area contributed by atoms with Crippen LogP contribution in [0.4, 0.5) is 17.5 Å². The highest BCUT2D eigenvalue weighted by atomic mass is 16.5. The van der Waals surface area contributed by atoms with Gasteiger partial charge in [0, 0.05) is 23.6 Å². The number of aromatic nitrogens is 3. The van der Waals surface area contributed by atoms with E-state index >= 15 is 0 Å². The molecule has 7 nitrogen and oxygen atoms in total. The molecule has 0 aliphatic rings. The number of carbonyl (C=O) groups is 1. The second-order valence-electron chi connectivity index (χ2n) is 5.38. The fourth-order valence-corrected chi connectivity index (χ4v) is 2.42. The van der Waals surface area contributed by atoms with E-state index < -0.39 is 0 Å². The zero-order chi connectivity index (χ0) is 17.6. The summed E-state index contributed by atoms with van der Waals surface area (Å²) in [5.41, 5.74) is 2.99. The SMILES string of the molecule is CCc1noc(NC(=O)c2cnc(Nc3ccccc3)nc2)c1CC. The molecular weight excluding hydrogens is 318 g/mol. The second-order valence-corrected chi connectivity index (χ2v) is 5.38. The van der Waals surface area contributed by atoms with Crippen LogP contribution in [0.5, 0.6) is 0 Å². The second kappa shape index (κ2) is 7.57. The molecule has 25 heavy (non-hydrogen) atoms. The van der Waals surface area contributed by atoms with Crippen molar-refractivity contribution in [2.45, 2.75) is 26.7 Å². The quantitative estimate of drug-likeness (QED) is 0.714. The predicted molar refractivity (Wildman–Crippen MR) is 95.0 cm³/mol. The Hall–Kier alpha value is -3.22. The fraction of sp³-hybridized carbons (Fsp3) is 0.222. The lowest BCUT2D eigenvalue weighted by molar-refractivity contribution is 0.102.